The normalized spacial score (nSPS) is 11.1. The van der Waals surface area contributed by atoms with E-state index in [9.17, 15) is 18.0 Å². The van der Waals surface area contributed by atoms with Crippen molar-refractivity contribution in [3.63, 3.8) is 0 Å². The summed E-state index contributed by atoms with van der Waals surface area (Å²) in [5.74, 6) is -0.415. The van der Waals surface area contributed by atoms with Gasteiger partial charge in [-0.3, -0.25) is 4.79 Å². The summed E-state index contributed by atoms with van der Waals surface area (Å²) in [6, 6.07) is 10.3. The van der Waals surface area contributed by atoms with Crippen molar-refractivity contribution in [1.29, 1.82) is 0 Å². The lowest BCUT2D eigenvalue weighted by Crippen LogP contribution is -2.30. The van der Waals surface area contributed by atoms with Crippen LogP contribution in [0.15, 0.2) is 47.4 Å². The second-order valence-electron chi connectivity index (χ2n) is 6.34. The number of amides is 1. The molecule has 0 heterocycles. The van der Waals surface area contributed by atoms with Gasteiger partial charge < -0.3 is 19.5 Å². The molecule has 168 valence electrons. The molecule has 0 aliphatic carbocycles. The third kappa shape index (κ3) is 6.19. The van der Waals surface area contributed by atoms with Gasteiger partial charge in [0.2, 0.25) is 10.0 Å². The van der Waals surface area contributed by atoms with E-state index < -0.39 is 28.5 Å². The molecule has 0 saturated heterocycles. The first-order valence-electron chi connectivity index (χ1n) is 9.55. The smallest absolute Gasteiger partial charge is 0.338 e. The Morgan fingerprint density at radius 3 is 2.13 bits per heavy atom. The fourth-order valence-corrected chi connectivity index (χ4v) is 4.29. The first kappa shape index (κ1) is 24.2. The lowest BCUT2D eigenvalue weighted by molar-refractivity contribution is -0.119. The molecular formula is C21H26N2O7S. The molecule has 0 aliphatic heterocycles. The number of benzene rings is 2. The number of hydrogen-bond acceptors (Lipinski definition) is 7. The molecule has 0 fully saturated rings. The zero-order valence-corrected chi connectivity index (χ0v) is 18.7. The third-order valence-electron chi connectivity index (χ3n) is 4.38. The molecule has 0 aromatic heterocycles. The maximum Gasteiger partial charge on any atom is 0.338 e. The average Bonchev–Trinajstić information content (AvgIpc) is 2.77. The van der Waals surface area contributed by atoms with Crippen LogP contribution in [0.25, 0.3) is 0 Å². The maximum absolute atomic E-state index is 12.6. The van der Waals surface area contributed by atoms with Gasteiger partial charge in [-0.05, 0) is 18.2 Å². The standard InChI is InChI=1S/C21H26N2O7S/c1-5-23(6-2)31(26,27)19-9-7-8-15(10-19)21(25)30-14-20(24)22-16-11-17(28-3)13-18(12-16)29-4/h7-13H,5-6,14H2,1-4H3,(H,22,24). The highest BCUT2D eigenvalue weighted by Gasteiger charge is 2.23. The number of carbonyl (C=O) groups excluding carboxylic acids is 2. The SMILES string of the molecule is CCN(CC)S(=O)(=O)c1cccc(C(=O)OCC(=O)Nc2cc(OC)cc(OC)c2)c1. The van der Waals surface area contributed by atoms with E-state index in [-0.39, 0.29) is 10.5 Å². The summed E-state index contributed by atoms with van der Waals surface area (Å²) in [7, 11) is -0.754. The number of nitrogens with one attached hydrogen (secondary N) is 1. The maximum atomic E-state index is 12.6. The highest BCUT2D eigenvalue weighted by atomic mass is 32.2. The molecule has 2 aromatic rings. The molecule has 0 atom stereocenters. The van der Waals surface area contributed by atoms with Gasteiger partial charge in [-0.15, -0.1) is 0 Å². The second-order valence-corrected chi connectivity index (χ2v) is 8.28. The van der Waals surface area contributed by atoms with E-state index in [1.807, 2.05) is 0 Å². The molecule has 0 radical (unpaired) electrons. The van der Waals surface area contributed by atoms with Crippen molar-refractivity contribution in [2.24, 2.45) is 0 Å². The Morgan fingerprint density at radius 2 is 1.58 bits per heavy atom. The van der Waals surface area contributed by atoms with Crippen molar-refractivity contribution in [3.8, 4) is 11.5 Å². The zero-order valence-electron chi connectivity index (χ0n) is 17.9. The van der Waals surface area contributed by atoms with Crippen LogP contribution in [0.5, 0.6) is 11.5 Å². The minimum Gasteiger partial charge on any atom is -0.497 e. The number of anilines is 1. The Kier molecular flexibility index (Phi) is 8.40. The lowest BCUT2D eigenvalue weighted by atomic mass is 10.2. The lowest BCUT2D eigenvalue weighted by Gasteiger charge is -2.18. The third-order valence-corrected chi connectivity index (χ3v) is 6.43. The number of rotatable bonds is 10. The number of methoxy groups -OCH3 is 2. The van der Waals surface area contributed by atoms with Crippen LogP contribution in [0.3, 0.4) is 0 Å². The minimum absolute atomic E-state index is 0.0152. The topological polar surface area (TPSA) is 111 Å². The van der Waals surface area contributed by atoms with Gasteiger partial charge in [-0.1, -0.05) is 19.9 Å². The van der Waals surface area contributed by atoms with Gasteiger partial charge in [0, 0.05) is 37.0 Å². The van der Waals surface area contributed by atoms with Crippen LogP contribution < -0.4 is 14.8 Å². The summed E-state index contributed by atoms with van der Waals surface area (Å²) in [6.07, 6.45) is 0. The van der Waals surface area contributed by atoms with E-state index in [2.05, 4.69) is 5.32 Å². The predicted octanol–water partition coefficient (Wildman–Crippen LogP) is 2.53. The van der Waals surface area contributed by atoms with Crippen molar-refractivity contribution >= 4 is 27.6 Å². The number of sulfonamides is 1. The molecule has 0 unspecified atom stereocenters. The van der Waals surface area contributed by atoms with Gasteiger partial charge >= 0.3 is 5.97 Å². The summed E-state index contributed by atoms with van der Waals surface area (Å²) in [4.78, 5) is 24.5. The minimum atomic E-state index is -3.72. The van der Waals surface area contributed by atoms with Gasteiger partial charge in [-0.25, -0.2) is 13.2 Å². The van der Waals surface area contributed by atoms with E-state index >= 15 is 0 Å². The van der Waals surface area contributed by atoms with Crippen LogP contribution in [0.2, 0.25) is 0 Å². The predicted molar refractivity (Wildman–Crippen MR) is 115 cm³/mol. The van der Waals surface area contributed by atoms with Crippen molar-refractivity contribution in [1.82, 2.24) is 4.31 Å². The number of esters is 1. The molecular weight excluding hydrogens is 424 g/mol. The van der Waals surface area contributed by atoms with Crippen LogP contribution in [0.1, 0.15) is 24.2 Å². The monoisotopic (exact) mass is 450 g/mol. The van der Waals surface area contributed by atoms with Gasteiger partial charge in [0.15, 0.2) is 6.61 Å². The fourth-order valence-electron chi connectivity index (χ4n) is 2.79. The number of hydrogen-bond donors (Lipinski definition) is 1. The van der Waals surface area contributed by atoms with Crippen LogP contribution >= 0.6 is 0 Å². The van der Waals surface area contributed by atoms with Gasteiger partial charge in [0.05, 0.1) is 24.7 Å². The molecule has 0 saturated carbocycles. The second kappa shape index (κ2) is 10.8. The Balaban J connectivity index is 2.06. The number of ether oxygens (including phenoxy) is 3. The summed E-state index contributed by atoms with van der Waals surface area (Å²) in [5, 5.41) is 2.59. The molecule has 2 rings (SSSR count). The first-order chi connectivity index (χ1) is 14.7. The molecule has 9 nitrogen and oxygen atoms in total. The zero-order chi connectivity index (χ0) is 23.0. The molecule has 31 heavy (non-hydrogen) atoms. The summed E-state index contributed by atoms with van der Waals surface area (Å²) in [5.41, 5.74) is 0.439. The quantitative estimate of drug-likeness (QED) is 0.554. The highest BCUT2D eigenvalue weighted by molar-refractivity contribution is 7.89. The van der Waals surface area contributed by atoms with E-state index in [0.29, 0.717) is 30.3 Å². The summed E-state index contributed by atoms with van der Waals surface area (Å²) < 4.78 is 41.9. The van der Waals surface area contributed by atoms with Crippen molar-refractivity contribution in [2.75, 3.05) is 39.2 Å². The van der Waals surface area contributed by atoms with E-state index in [1.54, 1.807) is 32.0 Å². The number of carbonyl (C=O) groups is 2. The van der Waals surface area contributed by atoms with E-state index in [4.69, 9.17) is 14.2 Å². The van der Waals surface area contributed by atoms with Crippen LogP contribution in [0, 0.1) is 0 Å². The summed E-state index contributed by atoms with van der Waals surface area (Å²) in [6.45, 7) is 3.53. The van der Waals surface area contributed by atoms with Gasteiger partial charge in [0.1, 0.15) is 11.5 Å². The highest BCUT2D eigenvalue weighted by Crippen LogP contribution is 2.25. The molecule has 1 N–H and O–H groups in total. The largest absolute Gasteiger partial charge is 0.497 e. The Labute approximate surface area is 182 Å². The fraction of sp³-hybridized carbons (Fsp3) is 0.333. The van der Waals surface area contributed by atoms with Crippen LogP contribution in [-0.4, -0.2) is 58.5 Å². The van der Waals surface area contributed by atoms with E-state index in [0.717, 1.165) is 0 Å². The molecule has 1 amide bonds. The molecule has 0 bridgehead atoms. The van der Waals surface area contributed by atoms with Crippen LogP contribution in [-0.2, 0) is 19.6 Å². The van der Waals surface area contributed by atoms with Crippen molar-refractivity contribution < 1.29 is 32.2 Å². The van der Waals surface area contributed by atoms with Gasteiger partial charge in [0.25, 0.3) is 5.91 Å². The number of nitrogens with zero attached hydrogens (tertiary/aromatic N) is 1. The van der Waals surface area contributed by atoms with Crippen molar-refractivity contribution in [2.45, 2.75) is 18.7 Å². The van der Waals surface area contributed by atoms with E-state index in [1.165, 1.54) is 42.8 Å². The molecule has 10 heteroatoms. The average molecular weight is 451 g/mol. The van der Waals surface area contributed by atoms with Crippen molar-refractivity contribution in [3.05, 3.63) is 48.0 Å². The Morgan fingerprint density at radius 1 is 0.968 bits per heavy atom. The summed E-state index contributed by atoms with van der Waals surface area (Å²) >= 11 is 0. The van der Waals surface area contributed by atoms with Crippen LogP contribution in [0.4, 0.5) is 5.69 Å². The first-order valence-corrected chi connectivity index (χ1v) is 11.0. The molecule has 0 aliphatic rings. The molecule has 2 aromatic carbocycles. The molecule has 0 spiro atoms. The van der Waals surface area contributed by atoms with Gasteiger partial charge in [-0.2, -0.15) is 4.31 Å². The Hall–Kier alpha value is -3.11. The Bertz CT molecular complexity index is 1010.